The molecule has 11 N–H and O–H groups in total. The maximum Gasteiger partial charge on any atom is 0.326 e. The van der Waals surface area contributed by atoms with Crippen LogP contribution in [0.2, 0.25) is 0 Å². The SMILES string of the molecule is NC(=O)CCC(NC(=O)C(CC(=O)O)NC(=O)C(Cc1c[nH]c2ccccc12)NC(=O)C(N)Cc1c[nH]c2ccccc12)C(=O)O. The van der Waals surface area contributed by atoms with Crippen LogP contribution in [0.1, 0.15) is 30.4 Å². The minimum Gasteiger partial charge on any atom is -0.481 e. The summed E-state index contributed by atoms with van der Waals surface area (Å²) < 4.78 is 0. The van der Waals surface area contributed by atoms with Gasteiger partial charge in [0, 0.05) is 47.0 Å². The molecule has 242 valence electrons. The van der Waals surface area contributed by atoms with Gasteiger partial charge in [-0.2, -0.15) is 0 Å². The maximum atomic E-state index is 13.7. The van der Waals surface area contributed by atoms with E-state index in [4.69, 9.17) is 11.5 Å². The number of primary amides is 1. The van der Waals surface area contributed by atoms with Gasteiger partial charge in [0.25, 0.3) is 0 Å². The number of carbonyl (C=O) groups is 6. The standard InChI is InChI=1S/C31H35N7O8/c32-20(11-16-14-34-21-7-3-1-5-18(16)21)28(42)37-24(12-17-15-35-22-8-4-2-6-19(17)22)29(43)38-25(13-27(40)41)30(44)36-23(31(45)46)9-10-26(33)39/h1-8,14-15,20,23-25,34-35H,9-13,32H2,(H2,33,39)(H,36,44)(H,37,42)(H,38,43)(H,40,41)(H,45,46). The Hall–Kier alpha value is -5.70. The lowest BCUT2D eigenvalue weighted by Crippen LogP contribution is -2.58. The highest BCUT2D eigenvalue weighted by atomic mass is 16.4. The molecule has 0 saturated heterocycles. The summed E-state index contributed by atoms with van der Waals surface area (Å²) in [4.78, 5) is 80.6. The summed E-state index contributed by atoms with van der Waals surface area (Å²) in [7, 11) is 0. The molecule has 2 heterocycles. The number of nitrogens with one attached hydrogen (secondary N) is 5. The quantitative estimate of drug-likeness (QED) is 0.0805. The fourth-order valence-electron chi connectivity index (χ4n) is 5.11. The van der Waals surface area contributed by atoms with Gasteiger partial charge in [0.2, 0.25) is 23.6 Å². The van der Waals surface area contributed by atoms with Crippen LogP contribution in [0.3, 0.4) is 0 Å². The molecule has 0 saturated carbocycles. The predicted molar refractivity (Wildman–Crippen MR) is 166 cm³/mol. The van der Waals surface area contributed by atoms with Gasteiger partial charge in [-0.05, 0) is 36.1 Å². The second-order valence-corrected chi connectivity index (χ2v) is 10.9. The first-order valence-corrected chi connectivity index (χ1v) is 14.4. The Balaban J connectivity index is 1.55. The fourth-order valence-corrected chi connectivity index (χ4v) is 5.11. The van der Waals surface area contributed by atoms with E-state index in [-0.39, 0.29) is 25.7 Å². The molecule has 15 heteroatoms. The molecule has 0 aliphatic rings. The number of carboxylic acids is 2. The Morgan fingerprint density at radius 1 is 0.696 bits per heavy atom. The van der Waals surface area contributed by atoms with Crippen molar-refractivity contribution in [3.05, 3.63) is 72.1 Å². The molecule has 0 fully saturated rings. The summed E-state index contributed by atoms with van der Waals surface area (Å²) in [5.74, 6) is -6.41. The maximum absolute atomic E-state index is 13.7. The zero-order valence-corrected chi connectivity index (χ0v) is 24.6. The predicted octanol–water partition coefficient (Wildman–Crippen LogP) is 0.0409. The zero-order valence-electron chi connectivity index (χ0n) is 24.6. The van der Waals surface area contributed by atoms with Crippen LogP contribution in [0, 0.1) is 0 Å². The number of aliphatic carboxylic acids is 2. The molecule has 2 aromatic carbocycles. The highest BCUT2D eigenvalue weighted by molar-refractivity contribution is 5.96. The molecule has 2 aromatic heterocycles. The Labute approximate surface area is 262 Å². The van der Waals surface area contributed by atoms with Crippen molar-refractivity contribution in [2.24, 2.45) is 11.5 Å². The monoisotopic (exact) mass is 633 g/mol. The van der Waals surface area contributed by atoms with Crippen LogP contribution in [0.4, 0.5) is 0 Å². The molecular formula is C31H35N7O8. The Bertz CT molecular complexity index is 1760. The average Bonchev–Trinajstić information content (AvgIpc) is 3.61. The Kier molecular flexibility index (Phi) is 10.7. The lowest BCUT2D eigenvalue weighted by atomic mass is 10.0. The van der Waals surface area contributed by atoms with Crippen molar-refractivity contribution in [3.8, 4) is 0 Å². The van der Waals surface area contributed by atoms with E-state index < -0.39 is 66.2 Å². The largest absolute Gasteiger partial charge is 0.481 e. The van der Waals surface area contributed by atoms with E-state index in [9.17, 15) is 39.0 Å². The number of rotatable bonds is 16. The van der Waals surface area contributed by atoms with Crippen molar-refractivity contribution in [2.75, 3.05) is 0 Å². The van der Waals surface area contributed by atoms with E-state index in [1.54, 1.807) is 18.5 Å². The van der Waals surface area contributed by atoms with E-state index in [1.807, 2.05) is 42.5 Å². The number of aromatic amines is 2. The van der Waals surface area contributed by atoms with Crippen molar-refractivity contribution in [3.63, 3.8) is 0 Å². The van der Waals surface area contributed by atoms with Crippen LogP contribution in [0.5, 0.6) is 0 Å². The number of hydrogen-bond acceptors (Lipinski definition) is 7. The second kappa shape index (κ2) is 14.9. The highest BCUT2D eigenvalue weighted by Crippen LogP contribution is 2.21. The lowest BCUT2D eigenvalue weighted by molar-refractivity contribution is -0.143. The van der Waals surface area contributed by atoms with Crippen molar-refractivity contribution >= 4 is 57.4 Å². The van der Waals surface area contributed by atoms with Gasteiger partial charge in [0.15, 0.2) is 0 Å². The van der Waals surface area contributed by atoms with Crippen LogP contribution in [-0.4, -0.2) is 79.9 Å². The Morgan fingerprint density at radius 3 is 1.74 bits per heavy atom. The number of benzene rings is 2. The fraction of sp³-hybridized carbons (Fsp3) is 0.290. The molecule has 0 aliphatic carbocycles. The van der Waals surface area contributed by atoms with Crippen molar-refractivity contribution in [2.45, 2.75) is 56.3 Å². The molecule has 4 unspecified atom stereocenters. The van der Waals surface area contributed by atoms with Gasteiger partial charge >= 0.3 is 11.9 Å². The van der Waals surface area contributed by atoms with Crippen LogP contribution >= 0.6 is 0 Å². The van der Waals surface area contributed by atoms with E-state index >= 15 is 0 Å². The minimum atomic E-state index is -1.72. The summed E-state index contributed by atoms with van der Waals surface area (Å²) in [6, 6.07) is 9.08. The molecule has 46 heavy (non-hydrogen) atoms. The second-order valence-electron chi connectivity index (χ2n) is 10.9. The van der Waals surface area contributed by atoms with Gasteiger partial charge in [0.1, 0.15) is 18.1 Å². The third-order valence-corrected chi connectivity index (χ3v) is 7.49. The summed E-state index contributed by atoms with van der Waals surface area (Å²) in [6.07, 6.45) is 1.90. The van der Waals surface area contributed by atoms with Gasteiger partial charge in [-0.3, -0.25) is 24.0 Å². The number of para-hydroxylation sites is 2. The number of hydrogen-bond donors (Lipinski definition) is 9. The Morgan fingerprint density at radius 2 is 1.20 bits per heavy atom. The topological polar surface area (TPSA) is 263 Å². The number of carbonyl (C=O) groups excluding carboxylic acids is 4. The van der Waals surface area contributed by atoms with Gasteiger partial charge < -0.3 is 47.6 Å². The lowest BCUT2D eigenvalue weighted by Gasteiger charge is -2.24. The molecule has 4 rings (SSSR count). The molecule has 0 aliphatic heterocycles. The van der Waals surface area contributed by atoms with Gasteiger partial charge in [-0.25, -0.2) is 4.79 Å². The van der Waals surface area contributed by atoms with Gasteiger partial charge in [-0.15, -0.1) is 0 Å². The number of nitrogens with two attached hydrogens (primary N) is 2. The normalized spacial score (nSPS) is 13.8. The molecule has 0 radical (unpaired) electrons. The molecular weight excluding hydrogens is 598 g/mol. The van der Waals surface area contributed by atoms with Gasteiger partial charge in [0.05, 0.1) is 12.5 Å². The van der Waals surface area contributed by atoms with Crippen LogP contribution in [0.15, 0.2) is 60.9 Å². The van der Waals surface area contributed by atoms with Crippen LogP contribution < -0.4 is 27.4 Å². The first-order valence-electron chi connectivity index (χ1n) is 14.4. The third kappa shape index (κ3) is 8.47. The van der Waals surface area contributed by atoms with E-state index in [0.717, 1.165) is 27.4 Å². The van der Waals surface area contributed by atoms with Crippen LogP contribution in [-0.2, 0) is 41.6 Å². The zero-order chi connectivity index (χ0) is 33.4. The first kappa shape index (κ1) is 33.2. The van der Waals surface area contributed by atoms with Crippen molar-refractivity contribution < 1.29 is 39.0 Å². The van der Waals surface area contributed by atoms with E-state index in [2.05, 4.69) is 25.9 Å². The summed E-state index contributed by atoms with van der Waals surface area (Å²) in [5, 5.41) is 27.7. The molecule has 0 spiro atoms. The highest BCUT2D eigenvalue weighted by Gasteiger charge is 2.32. The van der Waals surface area contributed by atoms with Gasteiger partial charge in [-0.1, -0.05) is 36.4 Å². The third-order valence-electron chi connectivity index (χ3n) is 7.49. The number of fused-ring (bicyclic) bond motifs is 2. The summed E-state index contributed by atoms with van der Waals surface area (Å²) in [6.45, 7) is 0. The first-order chi connectivity index (χ1) is 21.9. The number of H-pyrrole nitrogens is 2. The summed E-state index contributed by atoms with van der Waals surface area (Å²) >= 11 is 0. The number of amides is 4. The average molecular weight is 634 g/mol. The number of carboxylic acid groups (broad SMARTS) is 2. The smallest absolute Gasteiger partial charge is 0.326 e. The summed E-state index contributed by atoms with van der Waals surface area (Å²) in [5.41, 5.74) is 14.4. The van der Waals surface area contributed by atoms with Crippen molar-refractivity contribution in [1.29, 1.82) is 0 Å². The number of aromatic nitrogens is 2. The van der Waals surface area contributed by atoms with E-state index in [1.165, 1.54) is 0 Å². The molecule has 4 amide bonds. The van der Waals surface area contributed by atoms with Crippen molar-refractivity contribution in [1.82, 2.24) is 25.9 Å². The van der Waals surface area contributed by atoms with Crippen LogP contribution in [0.25, 0.3) is 21.8 Å². The molecule has 4 aromatic rings. The van der Waals surface area contributed by atoms with E-state index in [0.29, 0.717) is 5.56 Å². The molecule has 0 bridgehead atoms. The minimum absolute atomic E-state index is 0.0564. The molecule has 4 atom stereocenters. The molecule has 15 nitrogen and oxygen atoms in total.